The summed E-state index contributed by atoms with van der Waals surface area (Å²) in [5.41, 5.74) is 2.56. The molecule has 148 valence electrons. The van der Waals surface area contributed by atoms with E-state index in [0.29, 0.717) is 5.56 Å². The largest absolute Gasteiger partial charge is 0.486 e. The third-order valence-electron chi connectivity index (χ3n) is 3.95. The third-order valence-corrected chi connectivity index (χ3v) is 3.95. The average molecular weight is 390 g/mol. The van der Waals surface area contributed by atoms with Crippen LogP contribution in [0.25, 0.3) is 0 Å². The number of hydrogen-bond acceptors (Lipinski definition) is 1. The van der Waals surface area contributed by atoms with Crippen LogP contribution in [0.5, 0.6) is 5.75 Å². The summed E-state index contributed by atoms with van der Waals surface area (Å²) in [6.07, 6.45) is 1.06. The van der Waals surface area contributed by atoms with Crippen LogP contribution in [-0.2, 0) is 6.42 Å². The molecule has 2 aromatic rings. The van der Waals surface area contributed by atoms with Gasteiger partial charge in [0.25, 0.3) is 0 Å². The lowest BCUT2D eigenvalue weighted by Crippen LogP contribution is -2.03. The van der Waals surface area contributed by atoms with Crippen LogP contribution < -0.4 is 4.74 Å². The van der Waals surface area contributed by atoms with Crippen LogP contribution in [0.3, 0.4) is 0 Å². The highest BCUT2D eigenvalue weighted by molar-refractivity contribution is 5.45. The molecule has 0 aliphatic rings. The van der Waals surface area contributed by atoms with E-state index in [2.05, 4.69) is 18.8 Å². The fourth-order valence-electron chi connectivity index (χ4n) is 2.49. The lowest BCUT2D eigenvalue weighted by molar-refractivity contribution is -0.0801. The zero-order chi connectivity index (χ0) is 20.4. The molecule has 0 heterocycles. The third kappa shape index (κ3) is 7.87. The Labute approximate surface area is 163 Å². The fraction of sp³-hybridized carbons (Fsp3) is 0.304. The molecule has 2 rings (SSSR count). The van der Waals surface area contributed by atoms with Gasteiger partial charge in [-0.05, 0) is 54.8 Å². The van der Waals surface area contributed by atoms with Crippen LogP contribution in [0, 0.1) is 17.7 Å². The Bertz CT molecular complexity index is 840. The van der Waals surface area contributed by atoms with Crippen LogP contribution in [0.2, 0.25) is 0 Å². The second-order valence-electron chi connectivity index (χ2n) is 6.30. The number of benzene rings is 2. The Balaban J connectivity index is 1.95. The summed E-state index contributed by atoms with van der Waals surface area (Å²) >= 11 is 0. The number of halogens is 4. The van der Waals surface area contributed by atoms with Crippen molar-refractivity contribution in [1.82, 2.24) is 0 Å². The van der Waals surface area contributed by atoms with Crippen molar-refractivity contribution in [2.24, 2.45) is 0 Å². The molecule has 0 aliphatic carbocycles. The van der Waals surface area contributed by atoms with Gasteiger partial charge in [-0.25, -0.2) is 4.39 Å². The molecular weight excluding hydrogens is 368 g/mol. The molecule has 0 fully saturated rings. The minimum atomic E-state index is -4.41. The molecule has 0 radical (unpaired) electrons. The van der Waals surface area contributed by atoms with Crippen molar-refractivity contribution < 1.29 is 22.3 Å². The van der Waals surface area contributed by atoms with E-state index in [0.717, 1.165) is 18.1 Å². The van der Waals surface area contributed by atoms with E-state index in [4.69, 9.17) is 4.74 Å². The number of ether oxygens (including phenoxy) is 1. The zero-order valence-electron chi connectivity index (χ0n) is 15.7. The molecule has 0 aromatic heterocycles. The standard InChI is InChI=1S/C23H22F4O/c1-2-3-4-6-18-7-9-19(10-8-18)11-12-20-13-14-22(21(24)17-20)28-16-5-15-23(25,26)27/h5,7-10,13-15,17H,2-4,6,16H2,1H3/b15-5+. The van der Waals surface area contributed by atoms with Gasteiger partial charge in [0.05, 0.1) is 0 Å². The van der Waals surface area contributed by atoms with Gasteiger partial charge in [-0.1, -0.05) is 43.7 Å². The highest BCUT2D eigenvalue weighted by Crippen LogP contribution is 2.19. The molecule has 0 N–H and O–H groups in total. The van der Waals surface area contributed by atoms with Crippen molar-refractivity contribution in [2.75, 3.05) is 6.61 Å². The first-order chi connectivity index (χ1) is 13.4. The van der Waals surface area contributed by atoms with Gasteiger partial charge in [-0.15, -0.1) is 0 Å². The zero-order valence-corrected chi connectivity index (χ0v) is 15.7. The van der Waals surface area contributed by atoms with Crippen molar-refractivity contribution in [1.29, 1.82) is 0 Å². The Kier molecular flexibility index (Phi) is 8.13. The number of unbranched alkanes of at least 4 members (excludes halogenated alkanes) is 2. The van der Waals surface area contributed by atoms with Gasteiger partial charge >= 0.3 is 6.18 Å². The molecule has 0 atom stereocenters. The second-order valence-corrected chi connectivity index (χ2v) is 6.30. The Hall–Kier alpha value is -2.74. The van der Waals surface area contributed by atoms with E-state index < -0.39 is 12.0 Å². The molecule has 28 heavy (non-hydrogen) atoms. The van der Waals surface area contributed by atoms with Crippen molar-refractivity contribution >= 4 is 0 Å². The SMILES string of the molecule is CCCCCc1ccc(C#Cc2ccc(OC/C=C/C(F)(F)F)c(F)c2)cc1. The van der Waals surface area contributed by atoms with E-state index in [1.54, 1.807) is 6.07 Å². The van der Waals surface area contributed by atoms with Gasteiger partial charge < -0.3 is 4.74 Å². The first-order valence-electron chi connectivity index (χ1n) is 9.15. The summed E-state index contributed by atoms with van der Waals surface area (Å²) in [5, 5.41) is 0. The van der Waals surface area contributed by atoms with Gasteiger partial charge in [0.2, 0.25) is 0 Å². The van der Waals surface area contributed by atoms with Crippen LogP contribution in [-0.4, -0.2) is 12.8 Å². The number of alkyl halides is 3. The molecule has 0 bridgehead atoms. The van der Waals surface area contributed by atoms with Crippen molar-refractivity contribution in [2.45, 2.75) is 38.8 Å². The maximum absolute atomic E-state index is 14.0. The van der Waals surface area contributed by atoms with Crippen molar-refractivity contribution in [3.05, 3.63) is 77.1 Å². The number of aryl methyl sites for hydroxylation is 1. The second kappa shape index (κ2) is 10.6. The minimum absolute atomic E-state index is 0.0554. The summed E-state index contributed by atoms with van der Waals surface area (Å²) in [6, 6.07) is 12.1. The van der Waals surface area contributed by atoms with Crippen molar-refractivity contribution in [3.63, 3.8) is 0 Å². The lowest BCUT2D eigenvalue weighted by atomic mass is 10.1. The number of allylic oxidation sites excluding steroid dienone is 1. The summed E-state index contributed by atoms with van der Waals surface area (Å²) in [6.45, 7) is 1.80. The number of rotatable bonds is 7. The summed E-state index contributed by atoms with van der Waals surface area (Å²) < 4.78 is 55.0. The quantitative estimate of drug-likeness (QED) is 0.228. The van der Waals surface area contributed by atoms with Gasteiger partial charge in [-0.3, -0.25) is 0 Å². The Morgan fingerprint density at radius 3 is 2.29 bits per heavy atom. The Morgan fingerprint density at radius 1 is 0.964 bits per heavy atom. The van der Waals surface area contributed by atoms with Crippen molar-refractivity contribution in [3.8, 4) is 17.6 Å². The van der Waals surface area contributed by atoms with Crippen LogP contribution in [0.4, 0.5) is 17.6 Å². The molecular formula is C23H22F4O. The smallest absolute Gasteiger partial charge is 0.409 e. The predicted octanol–water partition coefficient (Wildman–Crippen LogP) is 6.46. The monoisotopic (exact) mass is 390 g/mol. The Morgan fingerprint density at radius 2 is 1.64 bits per heavy atom. The van der Waals surface area contributed by atoms with E-state index in [-0.39, 0.29) is 18.4 Å². The first-order valence-corrected chi connectivity index (χ1v) is 9.15. The van der Waals surface area contributed by atoms with Gasteiger partial charge in [0.15, 0.2) is 11.6 Å². The molecule has 0 saturated carbocycles. The maximum atomic E-state index is 14.0. The van der Waals surface area contributed by atoms with E-state index in [1.807, 2.05) is 24.3 Å². The summed E-state index contributed by atoms with van der Waals surface area (Å²) in [7, 11) is 0. The number of hydrogen-bond donors (Lipinski definition) is 0. The predicted molar refractivity (Wildman–Crippen MR) is 103 cm³/mol. The molecule has 5 heteroatoms. The molecule has 0 aliphatic heterocycles. The van der Waals surface area contributed by atoms with E-state index in [1.165, 1.54) is 37.0 Å². The molecule has 1 nitrogen and oxygen atoms in total. The summed E-state index contributed by atoms with van der Waals surface area (Å²) in [5.74, 6) is 5.07. The van der Waals surface area contributed by atoms with Gasteiger partial charge in [0.1, 0.15) is 6.61 Å². The fourth-order valence-corrected chi connectivity index (χ4v) is 2.49. The lowest BCUT2D eigenvalue weighted by Gasteiger charge is -2.05. The molecule has 0 spiro atoms. The highest BCUT2D eigenvalue weighted by atomic mass is 19.4. The van der Waals surface area contributed by atoms with Crippen LogP contribution >= 0.6 is 0 Å². The first kappa shape index (κ1) is 21.6. The minimum Gasteiger partial charge on any atom is -0.486 e. The van der Waals surface area contributed by atoms with Crippen LogP contribution in [0.1, 0.15) is 42.9 Å². The molecule has 0 amide bonds. The normalized spacial score (nSPS) is 11.3. The van der Waals surface area contributed by atoms with Gasteiger partial charge in [-0.2, -0.15) is 13.2 Å². The summed E-state index contributed by atoms with van der Waals surface area (Å²) in [4.78, 5) is 0. The topological polar surface area (TPSA) is 9.23 Å². The molecule has 0 saturated heterocycles. The van der Waals surface area contributed by atoms with Crippen LogP contribution in [0.15, 0.2) is 54.6 Å². The highest BCUT2D eigenvalue weighted by Gasteiger charge is 2.21. The van der Waals surface area contributed by atoms with E-state index >= 15 is 0 Å². The average Bonchev–Trinajstić information content (AvgIpc) is 2.65. The van der Waals surface area contributed by atoms with E-state index in [9.17, 15) is 17.6 Å². The maximum Gasteiger partial charge on any atom is 0.409 e. The molecule has 0 unspecified atom stereocenters. The van der Waals surface area contributed by atoms with Gasteiger partial charge in [0, 0.05) is 17.2 Å². The molecule has 2 aromatic carbocycles.